The zero-order valence-electron chi connectivity index (χ0n) is 21.3. The fourth-order valence-corrected chi connectivity index (χ4v) is 5.30. The summed E-state index contributed by atoms with van der Waals surface area (Å²) >= 11 is 0. The first-order valence-corrected chi connectivity index (χ1v) is 12.6. The number of halogens is 1. The Labute approximate surface area is 208 Å². The summed E-state index contributed by atoms with van der Waals surface area (Å²) in [5, 5.41) is 2.90. The average molecular weight is 481 g/mol. The van der Waals surface area contributed by atoms with Crippen molar-refractivity contribution < 1.29 is 14.0 Å². The molecule has 7 heteroatoms. The third-order valence-electron chi connectivity index (χ3n) is 7.45. The van der Waals surface area contributed by atoms with Gasteiger partial charge in [0.2, 0.25) is 5.91 Å². The molecule has 2 aromatic carbocycles. The van der Waals surface area contributed by atoms with Crippen LogP contribution in [0.2, 0.25) is 0 Å². The van der Waals surface area contributed by atoms with Crippen LogP contribution in [0.4, 0.5) is 15.8 Å². The molecule has 6 nitrogen and oxygen atoms in total. The number of carbonyl (C=O) groups is 2. The van der Waals surface area contributed by atoms with Crippen molar-refractivity contribution in [3.63, 3.8) is 0 Å². The van der Waals surface area contributed by atoms with E-state index >= 15 is 0 Å². The molecule has 2 fully saturated rings. The van der Waals surface area contributed by atoms with Crippen molar-refractivity contribution in [2.24, 2.45) is 5.92 Å². The van der Waals surface area contributed by atoms with Crippen molar-refractivity contribution in [3.05, 3.63) is 58.9 Å². The molecule has 1 aliphatic carbocycles. The van der Waals surface area contributed by atoms with Crippen molar-refractivity contribution in [1.29, 1.82) is 0 Å². The van der Waals surface area contributed by atoms with Gasteiger partial charge in [0.1, 0.15) is 5.82 Å². The van der Waals surface area contributed by atoms with Crippen LogP contribution in [-0.2, 0) is 11.3 Å². The normalized spacial score (nSPS) is 19.1. The summed E-state index contributed by atoms with van der Waals surface area (Å²) in [6.45, 7) is 6.83. The van der Waals surface area contributed by atoms with E-state index in [0.29, 0.717) is 30.2 Å². The highest BCUT2D eigenvalue weighted by Gasteiger charge is 2.33. The molecule has 0 aromatic heterocycles. The Morgan fingerprint density at radius 3 is 2.54 bits per heavy atom. The van der Waals surface area contributed by atoms with E-state index in [-0.39, 0.29) is 23.7 Å². The van der Waals surface area contributed by atoms with Crippen molar-refractivity contribution in [2.45, 2.75) is 52.1 Å². The van der Waals surface area contributed by atoms with Gasteiger partial charge in [0.15, 0.2) is 0 Å². The molecule has 0 bridgehead atoms. The molecule has 1 N–H and O–H groups in total. The second-order valence-electron chi connectivity index (χ2n) is 10.2. The zero-order chi connectivity index (χ0) is 25.1. The van der Waals surface area contributed by atoms with Crippen LogP contribution in [-0.4, -0.2) is 61.4 Å². The molecule has 2 amide bonds. The molecule has 1 saturated heterocycles. The molecule has 1 aliphatic heterocycles. The number of piperazine rings is 1. The molecule has 1 atom stereocenters. The number of hydrogen-bond acceptors (Lipinski definition) is 4. The molecule has 1 heterocycles. The van der Waals surface area contributed by atoms with Crippen LogP contribution >= 0.6 is 0 Å². The number of nitrogens with one attached hydrogen (secondary N) is 1. The van der Waals surface area contributed by atoms with Crippen LogP contribution in [0.1, 0.15) is 54.1 Å². The van der Waals surface area contributed by atoms with E-state index in [1.807, 2.05) is 49.0 Å². The molecule has 188 valence electrons. The maximum absolute atomic E-state index is 14.6. The predicted octanol–water partition coefficient (Wildman–Crippen LogP) is 4.68. The lowest BCUT2D eigenvalue weighted by Gasteiger charge is -2.41. The number of amides is 2. The van der Waals surface area contributed by atoms with Crippen molar-refractivity contribution in [3.8, 4) is 0 Å². The maximum atomic E-state index is 14.6. The highest BCUT2D eigenvalue weighted by atomic mass is 19.1. The summed E-state index contributed by atoms with van der Waals surface area (Å²) in [7, 11) is 3.84. The van der Waals surface area contributed by atoms with Gasteiger partial charge in [-0.2, -0.15) is 0 Å². The molecule has 4 rings (SSSR count). The Kier molecular flexibility index (Phi) is 7.75. The van der Waals surface area contributed by atoms with Crippen LogP contribution in [0.25, 0.3) is 0 Å². The monoisotopic (exact) mass is 480 g/mol. The van der Waals surface area contributed by atoms with Gasteiger partial charge in [-0.05, 0) is 68.1 Å². The van der Waals surface area contributed by atoms with Gasteiger partial charge in [-0.3, -0.25) is 14.5 Å². The van der Waals surface area contributed by atoms with Gasteiger partial charge < -0.3 is 15.1 Å². The van der Waals surface area contributed by atoms with Gasteiger partial charge in [0.25, 0.3) is 5.91 Å². The van der Waals surface area contributed by atoms with Gasteiger partial charge in [-0.1, -0.05) is 18.9 Å². The van der Waals surface area contributed by atoms with E-state index < -0.39 is 0 Å². The quantitative estimate of drug-likeness (QED) is 0.653. The first kappa shape index (κ1) is 25.2. The fraction of sp³-hybridized carbons (Fsp3) is 0.500. The molecule has 2 aromatic rings. The van der Waals surface area contributed by atoms with Gasteiger partial charge in [-0.15, -0.1) is 0 Å². The highest BCUT2D eigenvalue weighted by Crippen LogP contribution is 2.29. The predicted molar refractivity (Wildman–Crippen MR) is 138 cm³/mol. The molecule has 1 unspecified atom stereocenters. The van der Waals surface area contributed by atoms with Crippen LogP contribution < -0.4 is 10.2 Å². The minimum absolute atomic E-state index is 0.133. The summed E-state index contributed by atoms with van der Waals surface area (Å²) < 4.78 is 14.6. The Balaban J connectivity index is 1.43. The Hall–Kier alpha value is -2.93. The zero-order valence-corrected chi connectivity index (χ0v) is 21.3. The Morgan fingerprint density at radius 2 is 1.86 bits per heavy atom. The number of nitrogens with zero attached hydrogens (tertiary/aromatic N) is 3. The second-order valence-corrected chi connectivity index (χ2v) is 10.2. The number of hydrogen-bond donors (Lipinski definition) is 1. The molecule has 1 saturated carbocycles. The first-order chi connectivity index (χ1) is 16.7. The van der Waals surface area contributed by atoms with E-state index in [1.165, 1.54) is 6.07 Å². The van der Waals surface area contributed by atoms with E-state index in [2.05, 4.69) is 17.1 Å². The van der Waals surface area contributed by atoms with Gasteiger partial charge in [-0.25, -0.2) is 4.39 Å². The summed E-state index contributed by atoms with van der Waals surface area (Å²) in [6, 6.07) is 10.4. The highest BCUT2D eigenvalue weighted by molar-refractivity contribution is 6.05. The van der Waals surface area contributed by atoms with Crippen molar-refractivity contribution in [2.75, 3.05) is 43.9 Å². The number of carbonyl (C=O) groups excluding carboxylic acids is 2. The van der Waals surface area contributed by atoms with E-state index in [1.54, 1.807) is 12.1 Å². The SMILES string of the molecule is Cc1c(CN2CCN(C(=O)C3CCCC3)C(C)C2)cc(F)cc1NC(=O)c1cccc(N(C)C)c1. The summed E-state index contributed by atoms with van der Waals surface area (Å²) in [4.78, 5) is 32.1. The lowest BCUT2D eigenvalue weighted by molar-refractivity contribution is -0.140. The number of benzene rings is 2. The van der Waals surface area contributed by atoms with Gasteiger partial charge in [0.05, 0.1) is 0 Å². The van der Waals surface area contributed by atoms with Crippen LogP contribution in [0.5, 0.6) is 0 Å². The third-order valence-corrected chi connectivity index (χ3v) is 7.45. The largest absolute Gasteiger partial charge is 0.378 e. The van der Waals surface area contributed by atoms with Crippen molar-refractivity contribution >= 4 is 23.2 Å². The molecule has 0 spiro atoms. The van der Waals surface area contributed by atoms with Crippen molar-refractivity contribution in [1.82, 2.24) is 9.80 Å². The minimum atomic E-state index is -0.369. The van der Waals surface area contributed by atoms with Gasteiger partial charge >= 0.3 is 0 Å². The molecule has 2 aliphatic rings. The Morgan fingerprint density at radius 1 is 1.11 bits per heavy atom. The van der Waals surface area contributed by atoms with Crippen LogP contribution in [0, 0.1) is 18.7 Å². The van der Waals surface area contributed by atoms with Gasteiger partial charge in [0, 0.05) is 69.2 Å². The number of anilines is 2. The topological polar surface area (TPSA) is 55.9 Å². The molecule has 0 radical (unpaired) electrons. The first-order valence-electron chi connectivity index (χ1n) is 12.6. The van der Waals surface area contributed by atoms with E-state index in [9.17, 15) is 14.0 Å². The standard InChI is InChI=1S/C28H37FN4O2/c1-19-17-32(12-13-33(19)28(35)21-8-5-6-9-21)18-23-14-24(29)16-26(20(23)2)30-27(34)22-10-7-11-25(15-22)31(3)4/h7,10-11,14-16,19,21H,5-6,8-9,12-13,17-18H2,1-4H3,(H,30,34). The second kappa shape index (κ2) is 10.8. The fourth-order valence-electron chi connectivity index (χ4n) is 5.30. The average Bonchev–Trinajstić information content (AvgIpc) is 3.37. The molecule has 35 heavy (non-hydrogen) atoms. The van der Waals surface area contributed by atoms with Crippen LogP contribution in [0.15, 0.2) is 36.4 Å². The van der Waals surface area contributed by atoms with E-state index in [4.69, 9.17) is 0 Å². The molecular weight excluding hydrogens is 443 g/mol. The summed E-state index contributed by atoms with van der Waals surface area (Å²) in [5.74, 6) is -0.133. The lowest BCUT2D eigenvalue weighted by atomic mass is 10.0. The summed E-state index contributed by atoms with van der Waals surface area (Å²) in [6.07, 6.45) is 4.34. The Bertz CT molecular complexity index is 1080. The van der Waals surface area contributed by atoms with Crippen LogP contribution in [0.3, 0.4) is 0 Å². The summed E-state index contributed by atoms with van der Waals surface area (Å²) in [5.41, 5.74) is 3.65. The minimum Gasteiger partial charge on any atom is -0.378 e. The molecular formula is C28H37FN4O2. The van der Waals surface area contributed by atoms with E-state index in [0.717, 1.165) is 55.6 Å². The lowest BCUT2D eigenvalue weighted by Crippen LogP contribution is -2.54. The smallest absolute Gasteiger partial charge is 0.255 e. The maximum Gasteiger partial charge on any atom is 0.255 e. The number of rotatable bonds is 6. The third kappa shape index (κ3) is 5.84.